The minimum Gasteiger partial charge on any atom is -0.383 e. The molecule has 0 radical (unpaired) electrons. The molecule has 1 aliphatic heterocycles. The van der Waals surface area contributed by atoms with Gasteiger partial charge in [-0.3, -0.25) is 9.47 Å². The van der Waals surface area contributed by atoms with Crippen LogP contribution >= 0.6 is 0 Å². The number of likely N-dealkylation sites (tertiary alicyclic amines) is 1. The van der Waals surface area contributed by atoms with Crippen molar-refractivity contribution in [2.45, 2.75) is 39.3 Å². The molecule has 1 saturated heterocycles. The lowest BCUT2D eigenvalue weighted by atomic mass is 9.61. The molecule has 4 heterocycles. The van der Waals surface area contributed by atoms with E-state index in [2.05, 4.69) is 50.8 Å². The number of nitrogens with zero attached hydrogens (tertiary/aromatic N) is 5. The standard InChI is InChI=1S/C30H29N7.C2H6/c31-22-15-30(16-22)18-36(19-30)17-20-8-10-23(11-9-20)37-28(24-7-4-14-33-27(24)32)35-26-13-12-25(34-29(26)37)21-5-2-1-3-6-21;1-2/h1-14,22H,15-19,31H2,(H2,32,33);1-2H3. The number of fused-ring (bicyclic) bond motifs is 1. The molecule has 1 saturated carbocycles. The van der Waals surface area contributed by atoms with Crippen LogP contribution in [0.25, 0.3) is 39.5 Å². The van der Waals surface area contributed by atoms with Crippen LogP contribution in [-0.4, -0.2) is 43.6 Å². The van der Waals surface area contributed by atoms with Crippen LogP contribution in [0.5, 0.6) is 0 Å². The molecule has 3 aromatic heterocycles. The van der Waals surface area contributed by atoms with Crippen LogP contribution in [-0.2, 0) is 6.54 Å². The van der Waals surface area contributed by atoms with Gasteiger partial charge in [-0.25, -0.2) is 15.0 Å². The van der Waals surface area contributed by atoms with Gasteiger partial charge in [0.25, 0.3) is 0 Å². The molecule has 0 unspecified atom stereocenters. The number of pyridine rings is 2. The molecule has 5 aromatic rings. The Labute approximate surface area is 229 Å². The number of anilines is 1. The molecule has 7 nitrogen and oxygen atoms in total. The van der Waals surface area contributed by atoms with Crippen molar-refractivity contribution in [3.63, 3.8) is 0 Å². The Kier molecular flexibility index (Phi) is 6.62. The van der Waals surface area contributed by atoms with Crippen molar-refractivity contribution in [1.82, 2.24) is 24.4 Å². The van der Waals surface area contributed by atoms with E-state index in [9.17, 15) is 0 Å². The van der Waals surface area contributed by atoms with Crippen LogP contribution < -0.4 is 11.5 Å². The van der Waals surface area contributed by atoms with Crippen molar-refractivity contribution in [2.24, 2.45) is 11.1 Å². The highest BCUT2D eigenvalue weighted by atomic mass is 15.2. The van der Waals surface area contributed by atoms with Crippen LogP contribution in [0.3, 0.4) is 0 Å². The summed E-state index contributed by atoms with van der Waals surface area (Å²) in [6.07, 6.45) is 4.05. The fourth-order valence-electron chi connectivity index (χ4n) is 6.09. The molecule has 1 aliphatic carbocycles. The van der Waals surface area contributed by atoms with E-state index in [0.29, 0.717) is 17.3 Å². The molecule has 2 aliphatic rings. The quantitative estimate of drug-likeness (QED) is 0.311. The predicted octanol–water partition coefficient (Wildman–Crippen LogP) is 5.68. The zero-order chi connectivity index (χ0) is 27.0. The van der Waals surface area contributed by atoms with Crippen molar-refractivity contribution >= 4 is 17.0 Å². The second kappa shape index (κ2) is 10.2. The fourth-order valence-corrected chi connectivity index (χ4v) is 6.09. The van der Waals surface area contributed by atoms with Gasteiger partial charge in [-0.05, 0) is 60.2 Å². The summed E-state index contributed by atoms with van der Waals surface area (Å²) in [6.45, 7) is 7.28. The predicted molar refractivity (Wildman–Crippen MR) is 158 cm³/mol. The Hall–Kier alpha value is -4.07. The molecular weight excluding hydrogens is 482 g/mol. The Balaban J connectivity index is 0.00000135. The number of nitrogens with two attached hydrogens (primary N) is 2. The van der Waals surface area contributed by atoms with Crippen LogP contribution in [0, 0.1) is 5.41 Å². The van der Waals surface area contributed by atoms with Crippen LogP contribution in [0.15, 0.2) is 85.1 Å². The van der Waals surface area contributed by atoms with Gasteiger partial charge in [-0.2, -0.15) is 0 Å². The van der Waals surface area contributed by atoms with E-state index >= 15 is 0 Å². The molecule has 2 aromatic carbocycles. The number of benzene rings is 2. The number of hydrogen-bond donors (Lipinski definition) is 2. The first-order chi connectivity index (χ1) is 19.1. The van der Waals surface area contributed by atoms with Gasteiger partial charge in [0.2, 0.25) is 0 Å². The van der Waals surface area contributed by atoms with E-state index in [0.717, 1.165) is 59.1 Å². The van der Waals surface area contributed by atoms with Crippen LogP contribution in [0.1, 0.15) is 32.3 Å². The Morgan fingerprint density at radius 1 is 0.872 bits per heavy atom. The highest BCUT2D eigenvalue weighted by molar-refractivity contribution is 5.84. The van der Waals surface area contributed by atoms with Crippen molar-refractivity contribution in [1.29, 1.82) is 0 Å². The number of hydrogen-bond acceptors (Lipinski definition) is 6. The molecule has 1 spiro atoms. The number of rotatable bonds is 5. The molecule has 0 amide bonds. The van der Waals surface area contributed by atoms with E-state index in [4.69, 9.17) is 21.4 Å². The summed E-state index contributed by atoms with van der Waals surface area (Å²) in [6, 6.07) is 27.2. The molecule has 7 heteroatoms. The smallest absolute Gasteiger partial charge is 0.165 e. The zero-order valence-electron chi connectivity index (χ0n) is 22.6. The topological polar surface area (TPSA) is 98.9 Å². The zero-order valence-corrected chi connectivity index (χ0v) is 22.6. The first-order valence-corrected chi connectivity index (χ1v) is 13.8. The average molecular weight is 518 g/mol. The summed E-state index contributed by atoms with van der Waals surface area (Å²) in [7, 11) is 0. The fraction of sp³-hybridized carbons (Fsp3) is 0.281. The summed E-state index contributed by atoms with van der Waals surface area (Å²) in [5.41, 5.74) is 19.5. The van der Waals surface area contributed by atoms with Gasteiger partial charge in [0, 0.05) is 43.1 Å². The average Bonchev–Trinajstić information content (AvgIpc) is 3.32. The van der Waals surface area contributed by atoms with Crippen molar-refractivity contribution in [2.75, 3.05) is 18.8 Å². The Morgan fingerprint density at radius 3 is 2.31 bits per heavy atom. The number of imidazole rings is 1. The maximum atomic E-state index is 6.29. The lowest BCUT2D eigenvalue weighted by Crippen LogP contribution is -2.64. The molecule has 198 valence electrons. The maximum Gasteiger partial charge on any atom is 0.165 e. The van der Waals surface area contributed by atoms with Crippen molar-refractivity contribution in [3.05, 3.63) is 90.6 Å². The SMILES string of the molecule is CC.Nc1ncccc1-c1nc2ccc(-c3ccccc3)nc2n1-c1ccc(CN2CC3(CC(N)C3)C2)cc1. The van der Waals surface area contributed by atoms with E-state index in [1.165, 1.54) is 18.4 Å². The summed E-state index contributed by atoms with van der Waals surface area (Å²) >= 11 is 0. The van der Waals surface area contributed by atoms with Gasteiger partial charge in [0.1, 0.15) is 11.3 Å². The number of nitrogen functional groups attached to an aromatic ring is 1. The number of aromatic nitrogens is 4. The second-order valence-electron chi connectivity index (χ2n) is 10.6. The molecule has 4 N–H and O–H groups in total. The summed E-state index contributed by atoms with van der Waals surface area (Å²) in [5, 5.41) is 0. The molecular formula is C32H35N7. The van der Waals surface area contributed by atoms with Crippen molar-refractivity contribution < 1.29 is 0 Å². The van der Waals surface area contributed by atoms with Gasteiger partial charge in [-0.15, -0.1) is 0 Å². The third-order valence-corrected chi connectivity index (χ3v) is 7.76. The van der Waals surface area contributed by atoms with Crippen LogP contribution in [0.2, 0.25) is 0 Å². The first-order valence-electron chi connectivity index (χ1n) is 13.8. The van der Waals surface area contributed by atoms with E-state index in [1.807, 2.05) is 56.3 Å². The molecule has 0 bridgehead atoms. The first kappa shape index (κ1) is 25.2. The molecule has 2 fully saturated rings. The summed E-state index contributed by atoms with van der Waals surface area (Å²) < 4.78 is 2.09. The summed E-state index contributed by atoms with van der Waals surface area (Å²) in [4.78, 5) is 16.8. The Bertz CT molecular complexity index is 1580. The lowest BCUT2D eigenvalue weighted by Gasteiger charge is -2.58. The molecule has 7 rings (SSSR count). The molecule has 39 heavy (non-hydrogen) atoms. The van der Waals surface area contributed by atoms with Gasteiger partial charge >= 0.3 is 0 Å². The maximum absolute atomic E-state index is 6.29. The normalized spacial score (nSPS) is 16.4. The van der Waals surface area contributed by atoms with Crippen LogP contribution in [0.4, 0.5) is 5.82 Å². The van der Waals surface area contributed by atoms with E-state index in [1.54, 1.807) is 6.20 Å². The minimum absolute atomic E-state index is 0.408. The van der Waals surface area contributed by atoms with Gasteiger partial charge in [-0.1, -0.05) is 56.3 Å². The lowest BCUT2D eigenvalue weighted by molar-refractivity contribution is -0.0752. The largest absolute Gasteiger partial charge is 0.383 e. The van der Waals surface area contributed by atoms with Crippen molar-refractivity contribution in [3.8, 4) is 28.3 Å². The highest BCUT2D eigenvalue weighted by Gasteiger charge is 2.50. The third-order valence-electron chi connectivity index (χ3n) is 7.76. The second-order valence-corrected chi connectivity index (χ2v) is 10.6. The highest BCUT2D eigenvalue weighted by Crippen LogP contribution is 2.47. The van der Waals surface area contributed by atoms with Gasteiger partial charge in [0.15, 0.2) is 11.5 Å². The third kappa shape index (κ3) is 4.68. The van der Waals surface area contributed by atoms with E-state index < -0.39 is 0 Å². The minimum atomic E-state index is 0.408. The van der Waals surface area contributed by atoms with Gasteiger partial charge < -0.3 is 11.5 Å². The van der Waals surface area contributed by atoms with E-state index in [-0.39, 0.29) is 0 Å². The Morgan fingerprint density at radius 2 is 1.62 bits per heavy atom. The monoisotopic (exact) mass is 517 g/mol. The van der Waals surface area contributed by atoms with Gasteiger partial charge in [0.05, 0.1) is 11.3 Å². The molecule has 0 atom stereocenters. The summed E-state index contributed by atoms with van der Waals surface area (Å²) in [5.74, 6) is 1.18.